The normalized spacial score (nSPS) is 16.2. The fraction of sp³-hybridized carbons (Fsp3) is 0.667. The second-order valence-electron chi connectivity index (χ2n) is 6.82. The lowest BCUT2D eigenvalue weighted by molar-refractivity contribution is 0.150. The van der Waals surface area contributed by atoms with Gasteiger partial charge >= 0.3 is 6.09 Å². The lowest BCUT2D eigenvalue weighted by atomic mass is 9.86. The predicted molar refractivity (Wildman–Crippen MR) is 105 cm³/mol. The van der Waals surface area contributed by atoms with Crippen LogP contribution in [0.5, 0.6) is 5.75 Å². The Balaban J connectivity index is 1.96. The van der Waals surface area contributed by atoms with Crippen LogP contribution in [0.4, 0.5) is 4.79 Å². The van der Waals surface area contributed by atoms with Crippen LogP contribution >= 0.6 is 0 Å². The van der Waals surface area contributed by atoms with Crippen molar-refractivity contribution in [1.29, 1.82) is 0 Å². The lowest BCUT2D eigenvalue weighted by Gasteiger charge is -2.35. The molecule has 0 fully saturated rings. The first-order chi connectivity index (χ1) is 12.7. The van der Waals surface area contributed by atoms with E-state index in [0.29, 0.717) is 25.8 Å². The van der Waals surface area contributed by atoms with Gasteiger partial charge in [0.2, 0.25) is 0 Å². The van der Waals surface area contributed by atoms with Crippen molar-refractivity contribution in [2.24, 2.45) is 0 Å². The Bertz CT molecular complexity index is 556. The van der Waals surface area contributed by atoms with Crippen molar-refractivity contribution in [3.8, 4) is 5.75 Å². The maximum absolute atomic E-state index is 11.3. The summed E-state index contributed by atoms with van der Waals surface area (Å²) >= 11 is 0. The highest BCUT2D eigenvalue weighted by atomic mass is 16.5. The molecule has 1 amide bonds. The van der Waals surface area contributed by atoms with Crippen molar-refractivity contribution in [3.05, 3.63) is 29.3 Å². The molecule has 0 aliphatic heterocycles. The molecular weight excluding hydrogens is 328 g/mol. The summed E-state index contributed by atoms with van der Waals surface area (Å²) in [4.78, 5) is 14.0. The Morgan fingerprint density at radius 2 is 2.00 bits per heavy atom. The van der Waals surface area contributed by atoms with Gasteiger partial charge in [-0.05, 0) is 69.3 Å². The molecule has 0 aromatic heterocycles. The van der Waals surface area contributed by atoms with Crippen molar-refractivity contribution in [2.75, 3.05) is 32.8 Å². The number of carbonyl (C=O) groups excluding carboxylic acids is 1. The quantitative estimate of drug-likeness (QED) is 0.644. The number of alkyl carbamates (subject to hydrolysis) is 1. The van der Waals surface area contributed by atoms with E-state index in [-0.39, 0.29) is 6.09 Å². The van der Waals surface area contributed by atoms with Gasteiger partial charge < -0.3 is 19.7 Å². The van der Waals surface area contributed by atoms with Crippen LogP contribution in [0.3, 0.4) is 0 Å². The molecule has 1 aliphatic rings. The maximum atomic E-state index is 11.3. The number of fused-ring (bicyclic) bond motifs is 1. The van der Waals surface area contributed by atoms with Crippen molar-refractivity contribution in [1.82, 2.24) is 10.2 Å². The monoisotopic (exact) mass is 362 g/mol. The summed E-state index contributed by atoms with van der Waals surface area (Å²) in [5.41, 5.74) is 2.75. The first-order valence-corrected chi connectivity index (χ1v) is 10.1. The molecule has 0 radical (unpaired) electrons. The van der Waals surface area contributed by atoms with Gasteiger partial charge in [-0.15, -0.1) is 0 Å². The van der Waals surface area contributed by atoms with E-state index in [4.69, 9.17) is 9.47 Å². The number of rotatable bonds is 10. The van der Waals surface area contributed by atoms with Crippen molar-refractivity contribution < 1.29 is 14.3 Å². The van der Waals surface area contributed by atoms with Gasteiger partial charge in [-0.25, -0.2) is 4.79 Å². The van der Waals surface area contributed by atoms with Gasteiger partial charge in [0.05, 0.1) is 13.2 Å². The van der Waals surface area contributed by atoms with Crippen LogP contribution in [0.25, 0.3) is 0 Å². The average Bonchev–Trinajstić information content (AvgIpc) is 2.65. The van der Waals surface area contributed by atoms with E-state index in [1.165, 1.54) is 43.5 Å². The summed E-state index contributed by atoms with van der Waals surface area (Å²) in [5, 5.41) is 2.70. The summed E-state index contributed by atoms with van der Waals surface area (Å²) in [6.07, 6.45) is 5.39. The summed E-state index contributed by atoms with van der Waals surface area (Å²) in [5.74, 6) is 0.964. The number of aryl methyl sites for hydroxylation is 1. The summed E-state index contributed by atoms with van der Waals surface area (Å²) in [6.45, 7) is 9.92. The molecule has 0 saturated carbocycles. The van der Waals surface area contributed by atoms with E-state index in [0.717, 1.165) is 18.6 Å². The minimum absolute atomic E-state index is 0.381. The van der Waals surface area contributed by atoms with Gasteiger partial charge in [0, 0.05) is 6.04 Å². The topological polar surface area (TPSA) is 50.8 Å². The Morgan fingerprint density at radius 1 is 1.23 bits per heavy atom. The number of carbonyl (C=O) groups is 1. The number of hydrogen-bond acceptors (Lipinski definition) is 4. The molecule has 1 N–H and O–H groups in total. The van der Waals surface area contributed by atoms with Gasteiger partial charge in [0.1, 0.15) is 12.4 Å². The van der Waals surface area contributed by atoms with Crippen LogP contribution < -0.4 is 10.1 Å². The first-order valence-electron chi connectivity index (χ1n) is 10.1. The molecule has 0 bridgehead atoms. The van der Waals surface area contributed by atoms with Gasteiger partial charge in [-0.2, -0.15) is 0 Å². The molecule has 1 unspecified atom stereocenters. The minimum Gasteiger partial charge on any atom is -0.491 e. The SMILES string of the molecule is CCCN(CCC)C1CCc2cccc(OCCNC(=O)OCC)c2C1. The zero-order valence-electron chi connectivity index (χ0n) is 16.6. The molecule has 0 spiro atoms. The smallest absolute Gasteiger partial charge is 0.407 e. The largest absolute Gasteiger partial charge is 0.491 e. The second kappa shape index (κ2) is 11.1. The number of amides is 1. The third kappa shape index (κ3) is 5.90. The molecule has 1 aliphatic carbocycles. The van der Waals surface area contributed by atoms with Gasteiger partial charge in [-0.3, -0.25) is 0 Å². The second-order valence-corrected chi connectivity index (χ2v) is 6.82. The Labute approximate surface area is 158 Å². The third-order valence-corrected chi connectivity index (χ3v) is 4.86. The molecule has 5 nitrogen and oxygen atoms in total. The number of nitrogens with zero attached hydrogens (tertiary/aromatic N) is 1. The molecule has 1 atom stereocenters. The molecule has 26 heavy (non-hydrogen) atoms. The molecule has 0 saturated heterocycles. The zero-order chi connectivity index (χ0) is 18.8. The van der Waals surface area contributed by atoms with Crippen LogP contribution in [0, 0.1) is 0 Å². The molecule has 2 rings (SSSR count). The average molecular weight is 363 g/mol. The molecule has 5 heteroatoms. The van der Waals surface area contributed by atoms with Crippen LogP contribution in [0.2, 0.25) is 0 Å². The van der Waals surface area contributed by atoms with Crippen LogP contribution in [0.15, 0.2) is 18.2 Å². The van der Waals surface area contributed by atoms with E-state index in [9.17, 15) is 4.79 Å². The number of ether oxygens (including phenoxy) is 2. The van der Waals surface area contributed by atoms with Crippen molar-refractivity contribution in [3.63, 3.8) is 0 Å². The predicted octanol–water partition coefficient (Wildman–Crippen LogP) is 3.79. The molecule has 0 heterocycles. The number of hydrogen-bond donors (Lipinski definition) is 1. The molecule has 1 aromatic rings. The van der Waals surface area contributed by atoms with Gasteiger partial charge in [0.25, 0.3) is 0 Å². The van der Waals surface area contributed by atoms with Gasteiger partial charge in [-0.1, -0.05) is 26.0 Å². The fourth-order valence-electron chi connectivity index (χ4n) is 3.73. The highest BCUT2D eigenvalue weighted by Gasteiger charge is 2.25. The highest BCUT2D eigenvalue weighted by Crippen LogP contribution is 2.31. The highest BCUT2D eigenvalue weighted by molar-refractivity contribution is 5.66. The summed E-state index contributed by atoms with van der Waals surface area (Å²) < 4.78 is 10.9. The zero-order valence-corrected chi connectivity index (χ0v) is 16.6. The Kier molecular flexibility index (Phi) is 8.75. The van der Waals surface area contributed by atoms with E-state index < -0.39 is 0 Å². The lowest BCUT2D eigenvalue weighted by Crippen LogP contribution is -2.40. The standard InChI is InChI=1S/C21H34N2O3/c1-4-13-23(14-5-2)18-11-10-17-8-7-9-20(19(17)16-18)26-15-12-22-21(24)25-6-3/h7-9,18H,4-6,10-16H2,1-3H3,(H,22,24). The minimum atomic E-state index is -0.388. The Morgan fingerprint density at radius 3 is 2.69 bits per heavy atom. The molecule has 146 valence electrons. The van der Waals surface area contributed by atoms with E-state index in [1.807, 2.05) is 0 Å². The van der Waals surface area contributed by atoms with Crippen LogP contribution in [-0.4, -0.2) is 49.9 Å². The molecule has 1 aromatic carbocycles. The van der Waals surface area contributed by atoms with Crippen LogP contribution in [-0.2, 0) is 17.6 Å². The van der Waals surface area contributed by atoms with Crippen LogP contribution in [0.1, 0.15) is 51.2 Å². The van der Waals surface area contributed by atoms with Crippen molar-refractivity contribution >= 4 is 6.09 Å². The first kappa shape index (κ1) is 20.6. The van der Waals surface area contributed by atoms with E-state index in [2.05, 4.69) is 42.3 Å². The number of benzene rings is 1. The number of nitrogens with one attached hydrogen (secondary N) is 1. The molecular formula is C21H34N2O3. The van der Waals surface area contributed by atoms with E-state index >= 15 is 0 Å². The maximum Gasteiger partial charge on any atom is 0.407 e. The van der Waals surface area contributed by atoms with Gasteiger partial charge in [0.15, 0.2) is 0 Å². The summed E-state index contributed by atoms with van der Waals surface area (Å²) in [7, 11) is 0. The van der Waals surface area contributed by atoms with E-state index in [1.54, 1.807) is 6.92 Å². The third-order valence-electron chi connectivity index (χ3n) is 4.86. The summed E-state index contributed by atoms with van der Waals surface area (Å²) in [6, 6.07) is 6.95. The Hall–Kier alpha value is -1.75. The fourth-order valence-corrected chi connectivity index (χ4v) is 3.73. The van der Waals surface area contributed by atoms with Crippen molar-refractivity contribution in [2.45, 2.75) is 58.9 Å².